The van der Waals surface area contributed by atoms with Crippen molar-refractivity contribution in [1.82, 2.24) is 20.2 Å². The number of likely N-dealkylation sites (tertiary alicyclic amines) is 1. The molecule has 0 saturated carbocycles. The monoisotopic (exact) mass is 469 g/mol. The number of aromatic nitrogens is 2. The minimum atomic E-state index is 0. The minimum absolute atomic E-state index is 0. The third-order valence-corrected chi connectivity index (χ3v) is 4.04. The van der Waals surface area contributed by atoms with Crippen LogP contribution in [0.4, 0.5) is 0 Å². The summed E-state index contributed by atoms with van der Waals surface area (Å²) in [5.74, 6) is 2.14. The number of guanidine groups is 1. The molecule has 8 heteroatoms. The summed E-state index contributed by atoms with van der Waals surface area (Å²) in [6, 6.07) is 9.57. The van der Waals surface area contributed by atoms with Crippen LogP contribution in [0.3, 0.4) is 0 Å². The molecule has 1 atom stereocenters. The van der Waals surface area contributed by atoms with Gasteiger partial charge in [0.05, 0.1) is 13.7 Å². The molecule has 2 aromatic heterocycles. The van der Waals surface area contributed by atoms with Crippen LogP contribution in [0.5, 0.6) is 11.8 Å². The van der Waals surface area contributed by atoms with Gasteiger partial charge in [-0.2, -0.15) is 0 Å². The second-order valence-corrected chi connectivity index (χ2v) is 5.75. The lowest BCUT2D eigenvalue weighted by Gasteiger charge is -2.21. The summed E-state index contributed by atoms with van der Waals surface area (Å²) < 4.78 is 11.1. The Morgan fingerprint density at radius 3 is 2.85 bits per heavy atom. The molecule has 2 aromatic rings. The minimum Gasteiger partial charge on any atom is -0.481 e. The summed E-state index contributed by atoms with van der Waals surface area (Å²) >= 11 is 0. The van der Waals surface area contributed by atoms with Gasteiger partial charge in [-0.05, 0) is 17.7 Å². The van der Waals surface area contributed by atoms with E-state index in [1.165, 1.54) is 0 Å². The van der Waals surface area contributed by atoms with E-state index in [-0.39, 0.29) is 30.1 Å². The first kappa shape index (κ1) is 20.2. The topological polar surface area (TPSA) is 71.9 Å². The molecule has 0 radical (unpaired) electrons. The van der Waals surface area contributed by atoms with Crippen LogP contribution in [0, 0.1) is 0 Å². The van der Waals surface area contributed by atoms with Gasteiger partial charge in [-0.15, -0.1) is 24.0 Å². The zero-order valence-electron chi connectivity index (χ0n) is 15.0. The van der Waals surface area contributed by atoms with E-state index in [1.54, 1.807) is 26.6 Å². The average Bonchev–Trinajstić information content (AvgIpc) is 3.11. The maximum absolute atomic E-state index is 5.93. The molecule has 7 nitrogen and oxygen atoms in total. The van der Waals surface area contributed by atoms with Crippen LogP contribution < -0.4 is 14.8 Å². The first-order chi connectivity index (χ1) is 12.3. The van der Waals surface area contributed by atoms with Gasteiger partial charge in [-0.1, -0.05) is 6.07 Å². The molecule has 1 unspecified atom stereocenters. The molecule has 1 fully saturated rings. The van der Waals surface area contributed by atoms with Crippen LogP contribution in [-0.4, -0.2) is 54.2 Å². The van der Waals surface area contributed by atoms with E-state index in [4.69, 9.17) is 9.47 Å². The number of pyridine rings is 2. The zero-order valence-corrected chi connectivity index (χ0v) is 17.3. The largest absolute Gasteiger partial charge is 0.481 e. The van der Waals surface area contributed by atoms with Crippen LogP contribution in [0.25, 0.3) is 0 Å². The number of ether oxygens (including phenoxy) is 2. The number of hydrogen-bond donors (Lipinski definition) is 1. The normalized spacial score (nSPS) is 16.8. The van der Waals surface area contributed by atoms with E-state index in [0.717, 1.165) is 31.0 Å². The molecule has 0 bridgehead atoms. The molecule has 0 amide bonds. The predicted molar refractivity (Wildman–Crippen MR) is 111 cm³/mol. The molecule has 3 rings (SSSR count). The van der Waals surface area contributed by atoms with Gasteiger partial charge < -0.3 is 19.7 Å². The lowest BCUT2D eigenvalue weighted by atomic mass is 10.2. The number of nitrogens with zero attached hydrogens (tertiary/aromatic N) is 4. The highest BCUT2D eigenvalue weighted by Gasteiger charge is 2.26. The Morgan fingerprint density at radius 1 is 1.27 bits per heavy atom. The lowest BCUT2D eigenvalue weighted by molar-refractivity contribution is 0.205. The molecular weight excluding hydrogens is 445 g/mol. The Labute approximate surface area is 170 Å². The van der Waals surface area contributed by atoms with Gasteiger partial charge in [0.25, 0.3) is 0 Å². The van der Waals surface area contributed by atoms with Crippen LogP contribution in [0.2, 0.25) is 0 Å². The Morgan fingerprint density at radius 2 is 2.12 bits per heavy atom. The molecule has 3 heterocycles. The van der Waals surface area contributed by atoms with Crippen LogP contribution in [0.15, 0.2) is 47.7 Å². The molecule has 1 aliphatic rings. The summed E-state index contributed by atoms with van der Waals surface area (Å²) in [6.07, 6.45) is 4.55. The highest BCUT2D eigenvalue weighted by atomic mass is 127. The quantitative estimate of drug-likeness (QED) is 0.412. The SMILES string of the molecule is CN=C(NCc1ccnc(OC)c1)N1CCC(Oc2ccccn2)C1.I. The van der Waals surface area contributed by atoms with E-state index < -0.39 is 0 Å². The fourth-order valence-electron chi connectivity index (χ4n) is 2.79. The maximum atomic E-state index is 5.93. The molecule has 0 aliphatic carbocycles. The number of halogens is 1. The maximum Gasteiger partial charge on any atom is 0.213 e. The average molecular weight is 469 g/mol. The van der Waals surface area contributed by atoms with Crippen molar-refractivity contribution in [3.8, 4) is 11.8 Å². The first-order valence-corrected chi connectivity index (χ1v) is 8.30. The Balaban J connectivity index is 0.00000243. The highest BCUT2D eigenvalue weighted by Crippen LogP contribution is 2.16. The molecule has 1 N–H and O–H groups in total. The van der Waals surface area contributed by atoms with Crippen molar-refractivity contribution in [2.24, 2.45) is 4.99 Å². The summed E-state index contributed by atoms with van der Waals surface area (Å²) in [4.78, 5) is 14.9. The second kappa shape index (κ2) is 10.1. The molecule has 0 aromatic carbocycles. The van der Waals surface area contributed by atoms with Gasteiger partial charge in [-0.3, -0.25) is 4.99 Å². The predicted octanol–water partition coefficient (Wildman–Crippen LogP) is 2.33. The summed E-state index contributed by atoms with van der Waals surface area (Å²) in [5, 5.41) is 3.38. The van der Waals surface area contributed by atoms with Gasteiger partial charge in [0, 0.05) is 51.1 Å². The van der Waals surface area contributed by atoms with Gasteiger partial charge in [0.1, 0.15) is 6.10 Å². The molecule has 140 valence electrons. The second-order valence-electron chi connectivity index (χ2n) is 5.75. The molecule has 0 spiro atoms. The van der Waals surface area contributed by atoms with Crippen molar-refractivity contribution >= 4 is 29.9 Å². The summed E-state index contributed by atoms with van der Waals surface area (Å²) in [6.45, 7) is 2.35. The van der Waals surface area contributed by atoms with E-state index in [1.807, 2.05) is 30.3 Å². The van der Waals surface area contributed by atoms with E-state index in [2.05, 4.69) is 25.2 Å². The number of hydrogen-bond acceptors (Lipinski definition) is 5. The van der Waals surface area contributed by atoms with Gasteiger partial charge in [0.2, 0.25) is 11.8 Å². The lowest BCUT2D eigenvalue weighted by Crippen LogP contribution is -2.40. The van der Waals surface area contributed by atoms with Crippen molar-refractivity contribution in [1.29, 1.82) is 0 Å². The van der Waals surface area contributed by atoms with Crippen molar-refractivity contribution in [3.63, 3.8) is 0 Å². The number of aliphatic imine (C=N–C) groups is 1. The molecule has 1 aliphatic heterocycles. The fraction of sp³-hybridized carbons (Fsp3) is 0.389. The summed E-state index contributed by atoms with van der Waals surface area (Å²) in [5.41, 5.74) is 1.09. The van der Waals surface area contributed by atoms with E-state index >= 15 is 0 Å². The Kier molecular flexibility index (Phi) is 7.89. The van der Waals surface area contributed by atoms with Crippen LogP contribution >= 0.6 is 24.0 Å². The zero-order chi connectivity index (χ0) is 17.5. The number of rotatable bonds is 5. The third kappa shape index (κ3) is 5.45. The fourth-order valence-corrected chi connectivity index (χ4v) is 2.79. The number of methoxy groups -OCH3 is 1. The molecule has 1 saturated heterocycles. The van der Waals surface area contributed by atoms with Crippen molar-refractivity contribution < 1.29 is 9.47 Å². The van der Waals surface area contributed by atoms with E-state index in [0.29, 0.717) is 18.3 Å². The van der Waals surface area contributed by atoms with Gasteiger partial charge in [0.15, 0.2) is 5.96 Å². The van der Waals surface area contributed by atoms with Crippen molar-refractivity contribution in [2.45, 2.75) is 19.1 Å². The van der Waals surface area contributed by atoms with Crippen LogP contribution in [-0.2, 0) is 6.54 Å². The smallest absolute Gasteiger partial charge is 0.213 e. The number of nitrogens with one attached hydrogen (secondary N) is 1. The standard InChI is InChI=1S/C18H23N5O2.HI/c1-19-18(22-12-14-6-9-21-17(11-14)24-2)23-10-7-15(13-23)25-16-5-3-4-8-20-16;/h3-6,8-9,11,15H,7,10,12-13H2,1-2H3,(H,19,22);1H. The Bertz CT molecular complexity index is 714. The molecule has 26 heavy (non-hydrogen) atoms. The van der Waals surface area contributed by atoms with Crippen molar-refractivity contribution in [2.75, 3.05) is 27.2 Å². The van der Waals surface area contributed by atoms with Crippen LogP contribution in [0.1, 0.15) is 12.0 Å². The highest BCUT2D eigenvalue weighted by molar-refractivity contribution is 14.0. The van der Waals surface area contributed by atoms with Gasteiger partial charge in [-0.25, -0.2) is 9.97 Å². The molecular formula is C18H24IN5O2. The first-order valence-electron chi connectivity index (χ1n) is 8.30. The van der Waals surface area contributed by atoms with Crippen molar-refractivity contribution in [3.05, 3.63) is 48.3 Å². The van der Waals surface area contributed by atoms with Gasteiger partial charge >= 0.3 is 0 Å². The third-order valence-electron chi connectivity index (χ3n) is 4.04. The van der Waals surface area contributed by atoms with E-state index in [9.17, 15) is 0 Å². The Hall–Kier alpha value is -2.10. The summed E-state index contributed by atoms with van der Waals surface area (Å²) in [7, 11) is 3.41.